The normalized spacial score (nSPS) is 20.0. The molecule has 1 aliphatic rings. The summed E-state index contributed by atoms with van der Waals surface area (Å²) in [7, 11) is 0. The van der Waals surface area contributed by atoms with Gasteiger partial charge in [-0.05, 0) is 61.9 Å². The van der Waals surface area contributed by atoms with Crippen LogP contribution in [0.1, 0.15) is 29.8 Å². The number of carbonyl (C=O) groups is 1. The number of benzene rings is 3. The summed E-state index contributed by atoms with van der Waals surface area (Å²) in [6, 6.07) is 23.4. The highest BCUT2D eigenvalue weighted by Gasteiger charge is 2.34. The summed E-state index contributed by atoms with van der Waals surface area (Å²) in [6.07, 6.45) is 0. The van der Waals surface area contributed by atoms with Gasteiger partial charge in [-0.25, -0.2) is 0 Å². The first-order chi connectivity index (χ1) is 14.4. The predicted octanol–water partition coefficient (Wildman–Crippen LogP) is 5.17. The first kappa shape index (κ1) is 20.3. The van der Waals surface area contributed by atoms with Crippen molar-refractivity contribution in [1.29, 1.82) is 0 Å². The van der Waals surface area contributed by atoms with Crippen molar-refractivity contribution in [1.82, 2.24) is 0 Å². The van der Waals surface area contributed by atoms with Gasteiger partial charge in [0.2, 0.25) is 0 Å². The molecule has 3 aromatic carbocycles. The zero-order valence-electron chi connectivity index (χ0n) is 17.0. The fraction of sp³-hybridized carbons (Fsp3) is 0.208. The third-order valence-electron chi connectivity index (χ3n) is 5.21. The van der Waals surface area contributed by atoms with Crippen LogP contribution in [0.3, 0.4) is 0 Å². The first-order valence-electron chi connectivity index (χ1n) is 9.91. The van der Waals surface area contributed by atoms with Gasteiger partial charge in [0.15, 0.2) is 0 Å². The summed E-state index contributed by atoms with van der Waals surface area (Å²) in [5.41, 5.74) is 3.24. The topological polar surface area (TPSA) is 73.4 Å². The van der Waals surface area contributed by atoms with Crippen LogP contribution in [0.2, 0.25) is 0 Å². The summed E-state index contributed by atoms with van der Waals surface area (Å²) in [5.74, 6) is -0.182. The Morgan fingerprint density at radius 1 is 1.07 bits per heavy atom. The quantitative estimate of drug-likeness (QED) is 0.459. The Morgan fingerprint density at radius 2 is 1.80 bits per heavy atom. The molecule has 1 amide bonds. The maximum absolute atomic E-state index is 12.7. The highest BCUT2D eigenvalue weighted by atomic mass is 32.2. The maximum atomic E-state index is 12.7. The molecule has 154 valence electrons. The molecule has 0 fully saturated rings. The molecule has 0 radical (unpaired) electrons. The number of hydrogen-bond acceptors (Lipinski definition) is 5. The summed E-state index contributed by atoms with van der Waals surface area (Å²) in [6.45, 7) is 4.43. The van der Waals surface area contributed by atoms with Crippen molar-refractivity contribution in [2.45, 2.75) is 36.3 Å². The molecule has 30 heavy (non-hydrogen) atoms. The second kappa shape index (κ2) is 8.42. The van der Waals surface area contributed by atoms with Gasteiger partial charge in [0, 0.05) is 28.4 Å². The van der Waals surface area contributed by atoms with E-state index in [0.717, 1.165) is 27.5 Å². The maximum Gasteiger partial charge on any atom is 0.255 e. The molecule has 4 N–H and O–H groups in total. The highest BCUT2D eigenvalue weighted by Crippen LogP contribution is 2.41. The standard InChI is InChI=1S/C24H25N3O2S/c1-16-24(2,29)27-21-14-18(10-13-22(21)30-16)23(28)26-20-11-8-17(9-12-20)15-25-19-6-4-3-5-7-19/h3-14,16,25,27,29H,15H2,1-2H3,(H,26,28)/t16-,24?/m1/s1. The smallest absolute Gasteiger partial charge is 0.255 e. The Balaban J connectivity index is 1.39. The van der Waals surface area contributed by atoms with Crippen LogP contribution in [-0.4, -0.2) is 22.0 Å². The van der Waals surface area contributed by atoms with E-state index in [1.165, 1.54) is 0 Å². The van der Waals surface area contributed by atoms with Crippen LogP contribution in [0.15, 0.2) is 77.7 Å². The minimum absolute atomic E-state index is 0.0135. The van der Waals surface area contributed by atoms with E-state index in [1.807, 2.05) is 73.7 Å². The van der Waals surface area contributed by atoms with Gasteiger partial charge in [0.25, 0.3) is 5.91 Å². The van der Waals surface area contributed by atoms with E-state index < -0.39 is 5.72 Å². The van der Waals surface area contributed by atoms with Gasteiger partial charge in [0.05, 0.1) is 10.9 Å². The third kappa shape index (κ3) is 4.61. The van der Waals surface area contributed by atoms with E-state index in [9.17, 15) is 9.90 Å². The van der Waals surface area contributed by atoms with Crippen molar-refractivity contribution < 1.29 is 9.90 Å². The molecule has 0 saturated heterocycles. The van der Waals surface area contributed by atoms with E-state index in [1.54, 1.807) is 24.8 Å². The Morgan fingerprint density at radius 3 is 2.53 bits per heavy atom. The lowest BCUT2D eigenvalue weighted by molar-refractivity contribution is 0.0902. The number of thioether (sulfide) groups is 1. The summed E-state index contributed by atoms with van der Waals surface area (Å²) in [4.78, 5) is 13.7. The SMILES string of the molecule is C[C@H]1Sc2ccc(C(=O)Nc3ccc(CNc4ccccc4)cc3)cc2NC1(C)O. The van der Waals surface area contributed by atoms with Crippen LogP contribution in [0, 0.1) is 0 Å². The summed E-state index contributed by atoms with van der Waals surface area (Å²) >= 11 is 1.60. The molecular weight excluding hydrogens is 394 g/mol. The van der Waals surface area contributed by atoms with Crippen LogP contribution in [0.5, 0.6) is 0 Å². The molecule has 1 heterocycles. The van der Waals surface area contributed by atoms with Crippen LogP contribution >= 0.6 is 11.8 Å². The fourth-order valence-corrected chi connectivity index (χ4v) is 4.27. The molecule has 1 unspecified atom stereocenters. The lowest BCUT2D eigenvalue weighted by Crippen LogP contribution is -2.45. The fourth-order valence-electron chi connectivity index (χ4n) is 3.22. The van der Waals surface area contributed by atoms with E-state index in [-0.39, 0.29) is 11.2 Å². The van der Waals surface area contributed by atoms with Crippen molar-refractivity contribution in [3.8, 4) is 0 Å². The van der Waals surface area contributed by atoms with Crippen LogP contribution < -0.4 is 16.0 Å². The molecule has 1 aliphatic heterocycles. The number of aliphatic hydroxyl groups is 1. The number of para-hydroxylation sites is 1. The zero-order chi connectivity index (χ0) is 21.1. The van der Waals surface area contributed by atoms with Gasteiger partial charge in [-0.15, -0.1) is 11.8 Å². The van der Waals surface area contributed by atoms with Crippen molar-refractivity contribution in [2.24, 2.45) is 0 Å². The van der Waals surface area contributed by atoms with Gasteiger partial charge in [-0.3, -0.25) is 4.79 Å². The highest BCUT2D eigenvalue weighted by molar-refractivity contribution is 8.00. The Kier molecular flexibility index (Phi) is 5.70. The number of rotatable bonds is 5. The van der Waals surface area contributed by atoms with Crippen molar-refractivity contribution in [3.63, 3.8) is 0 Å². The van der Waals surface area contributed by atoms with E-state index in [0.29, 0.717) is 12.1 Å². The summed E-state index contributed by atoms with van der Waals surface area (Å²) in [5, 5.41) is 19.9. The minimum Gasteiger partial charge on any atom is -0.381 e. The number of anilines is 3. The van der Waals surface area contributed by atoms with E-state index >= 15 is 0 Å². The number of nitrogens with one attached hydrogen (secondary N) is 3. The Bertz CT molecular complexity index is 1040. The number of hydrogen-bond donors (Lipinski definition) is 4. The van der Waals surface area contributed by atoms with E-state index in [4.69, 9.17) is 0 Å². The lowest BCUT2D eigenvalue weighted by Gasteiger charge is -2.37. The molecule has 0 spiro atoms. The lowest BCUT2D eigenvalue weighted by atomic mass is 10.1. The second-order valence-corrected chi connectivity index (χ2v) is 9.00. The van der Waals surface area contributed by atoms with Gasteiger partial charge >= 0.3 is 0 Å². The molecule has 5 nitrogen and oxygen atoms in total. The zero-order valence-corrected chi connectivity index (χ0v) is 17.8. The molecule has 0 bridgehead atoms. The summed E-state index contributed by atoms with van der Waals surface area (Å²) < 4.78 is 0. The molecule has 6 heteroatoms. The average Bonchev–Trinajstić information content (AvgIpc) is 2.74. The second-order valence-electron chi connectivity index (χ2n) is 7.61. The molecule has 0 saturated carbocycles. The Labute approximate surface area is 180 Å². The van der Waals surface area contributed by atoms with Crippen LogP contribution in [0.25, 0.3) is 0 Å². The van der Waals surface area contributed by atoms with E-state index in [2.05, 4.69) is 16.0 Å². The number of amides is 1. The van der Waals surface area contributed by atoms with Crippen molar-refractivity contribution >= 4 is 34.7 Å². The molecule has 4 rings (SSSR count). The van der Waals surface area contributed by atoms with Crippen molar-refractivity contribution in [2.75, 3.05) is 16.0 Å². The van der Waals surface area contributed by atoms with Gasteiger partial charge in [-0.2, -0.15) is 0 Å². The number of carbonyl (C=O) groups excluding carboxylic acids is 1. The van der Waals surface area contributed by atoms with Gasteiger partial charge < -0.3 is 21.1 Å². The van der Waals surface area contributed by atoms with Gasteiger partial charge in [-0.1, -0.05) is 30.3 Å². The first-order valence-corrected chi connectivity index (χ1v) is 10.8. The average molecular weight is 420 g/mol. The predicted molar refractivity (Wildman–Crippen MR) is 124 cm³/mol. The minimum atomic E-state index is -1.02. The monoisotopic (exact) mass is 419 g/mol. The molecule has 2 atom stereocenters. The largest absolute Gasteiger partial charge is 0.381 e. The van der Waals surface area contributed by atoms with Crippen LogP contribution in [-0.2, 0) is 6.54 Å². The molecule has 3 aromatic rings. The number of fused-ring (bicyclic) bond motifs is 1. The molecule has 0 aromatic heterocycles. The third-order valence-corrected chi connectivity index (χ3v) is 6.63. The van der Waals surface area contributed by atoms with Crippen molar-refractivity contribution in [3.05, 3.63) is 83.9 Å². The molecule has 0 aliphatic carbocycles. The van der Waals surface area contributed by atoms with Gasteiger partial charge in [0.1, 0.15) is 5.72 Å². The molecular formula is C24H25N3O2S. The van der Waals surface area contributed by atoms with Crippen LogP contribution in [0.4, 0.5) is 17.1 Å². The Hall–Kier alpha value is -2.96.